The summed E-state index contributed by atoms with van der Waals surface area (Å²) in [5.41, 5.74) is 1.59. The van der Waals surface area contributed by atoms with E-state index < -0.39 is 5.60 Å². The van der Waals surface area contributed by atoms with Crippen LogP contribution in [-0.2, 0) is 19.2 Å². The summed E-state index contributed by atoms with van der Waals surface area (Å²) in [7, 11) is 2.01. The predicted molar refractivity (Wildman–Crippen MR) is 90.5 cm³/mol. The lowest BCUT2D eigenvalue weighted by molar-refractivity contribution is -0.0421. The third-order valence-corrected chi connectivity index (χ3v) is 4.98. The van der Waals surface area contributed by atoms with E-state index in [-0.39, 0.29) is 0 Å². The predicted octanol–water partition coefficient (Wildman–Crippen LogP) is 1.83. The number of fused-ring (bicyclic) bond motifs is 1. The number of piperidine rings is 1. The molecule has 4 rings (SSSR count). The second-order valence-electron chi connectivity index (χ2n) is 6.42. The summed E-state index contributed by atoms with van der Waals surface area (Å²) in [6.07, 6.45) is 3.19. The molecule has 0 spiro atoms. The molecule has 0 unspecified atom stereocenters. The number of aromatic nitrogens is 5. The minimum absolute atomic E-state index is 0.517. The fraction of sp³-hybridized carbons (Fsp3) is 0.438. The Morgan fingerprint density at radius 3 is 3.08 bits per heavy atom. The monoisotopic (exact) mass is 346 g/mol. The Morgan fingerprint density at radius 1 is 1.42 bits per heavy atom. The molecule has 24 heavy (non-hydrogen) atoms. The zero-order chi connectivity index (χ0) is 16.7. The molecule has 1 atom stereocenters. The van der Waals surface area contributed by atoms with E-state index in [1.807, 2.05) is 25.2 Å². The van der Waals surface area contributed by atoms with E-state index in [2.05, 4.69) is 24.9 Å². The van der Waals surface area contributed by atoms with Gasteiger partial charge in [0.15, 0.2) is 0 Å². The molecule has 1 saturated heterocycles. The number of nitrogens with zero attached hydrogens (tertiary/aromatic N) is 5. The zero-order valence-electron chi connectivity index (χ0n) is 13.4. The maximum Gasteiger partial charge on any atom is 0.123 e. The van der Waals surface area contributed by atoms with Crippen molar-refractivity contribution in [1.29, 1.82) is 0 Å². The Labute approximate surface area is 144 Å². The first-order chi connectivity index (χ1) is 11.5. The van der Waals surface area contributed by atoms with Gasteiger partial charge in [0.25, 0.3) is 0 Å². The molecule has 1 aromatic carbocycles. The zero-order valence-corrected chi connectivity index (χ0v) is 14.2. The maximum absolute atomic E-state index is 10.9. The van der Waals surface area contributed by atoms with Gasteiger partial charge in [-0.3, -0.25) is 4.90 Å². The SMILES string of the molecule is Cn1c(CN2CCC[C@@](O)(c3cn[nH]n3)C2)nc2cc(Cl)ccc21. The van der Waals surface area contributed by atoms with Crippen molar-refractivity contribution in [3.05, 3.63) is 40.9 Å². The van der Waals surface area contributed by atoms with Crippen molar-refractivity contribution < 1.29 is 5.11 Å². The lowest BCUT2D eigenvalue weighted by Gasteiger charge is -2.37. The molecule has 126 valence electrons. The molecule has 0 bridgehead atoms. The molecule has 3 heterocycles. The summed E-state index contributed by atoms with van der Waals surface area (Å²) in [5, 5.41) is 22.1. The standard InChI is InChI=1S/C16H19ClN6O/c1-22-13-4-3-11(17)7-12(13)19-15(22)9-23-6-2-5-16(24,10-23)14-8-18-21-20-14/h3-4,7-8,24H,2,5-6,9-10H2,1H3,(H,18,20,21)/t16-/m0/s1. The van der Waals surface area contributed by atoms with Gasteiger partial charge in [-0.1, -0.05) is 11.6 Å². The van der Waals surface area contributed by atoms with Gasteiger partial charge in [-0.15, -0.1) is 0 Å². The summed E-state index contributed by atoms with van der Waals surface area (Å²) in [4.78, 5) is 6.91. The van der Waals surface area contributed by atoms with Gasteiger partial charge >= 0.3 is 0 Å². The number of H-pyrrole nitrogens is 1. The van der Waals surface area contributed by atoms with Crippen molar-refractivity contribution in [2.75, 3.05) is 13.1 Å². The molecular formula is C16H19ClN6O. The second-order valence-corrected chi connectivity index (χ2v) is 6.86. The highest BCUT2D eigenvalue weighted by atomic mass is 35.5. The Bertz CT molecular complexity index is 861. The van der Waals surface area contributed by atoms with Crippen LogP contribution in [0.5, 0.6) is 0 Å². The number of aliphatic hydroxyl groups is 1. The van der Waals surface area contributed by atoms with Crippen LogP contribution >= 0.6 is 11.6 Å². The first-order valence-electron chi connectivity index (χ1n) is 7.97. The lowest BCUT2D eigenvalue weighted by atomic mass is 9.90. The Hall–Kier alpha value is -1.96. The molecule has 2 aromatic heterocycles. The number of hydrogen-bond acceptors (Lipinski definition) is 5. The van der Waals surface area contributed by atoms with E-state index in [1.54, 1.807) is 6.20 Å². The number of nitrogens with one attached hydrogen (secondary N) is 1. The third kappa shape index (κ3) is 2.68. The molecule has 1 aliphatic rings. The van der Waals surface area contributed by atoms with Gasteiger partial charge in [0.05, 0.1) is 23.8 Å². The Kier molecular flexibility index (Phi) is 3.79. The van der Waals surface area contributed by atoms with E-state index in [9.17, 15) is 5.11 Å². The molecule has 3 aromatic rings. The fourth-order valence-electron chi connectivity index (χ4n) is 3.46. The van der Waals surface area contributed by atoms with E-state index >= 15 is 0 Å². The van der Waals surface area contributed by atoms with Crippen LogP contribution in [-0.4, -0.2) is 48.1 Å². The van der Waals surface area contributed by atoms with Crippen LogP contribution in [0.25, 0.3) is 11.0 Å². The van der Waals surface area contributed by atoms with E-state index in [1.165, 1.54) is 0 Å². The van der Waals surface area contributed by atoms with E-state index in [0.29, 0.717) is 30.2 Å². The van der Waals surface area contributed by atoms with Crippen LogP contribution in [0.3, 0.4) is 0 Å². The van der Waals surface area contributed by atoms with E-state index in [0.717, 1.165) is 29.8 Å². The topological polar surface area (TPSA) is 82.9 Å². The summed E-state index contributed by atoms with van der Waals surface area (Å²) >= 11 is 6.06. The van der Waals surface area contributed by atoms with Crippen LogP contribution in [0, 0.1) is 0 Å². The molecule has 2 N–H and O–H groups in total. The minimum Gasteiger partial charge on any atom is -0.382 e. The van der Waals surface area contributed by atoms with Gasteiger partial charge < -0.3 is 9.67 Å². The van der Waals surface area contributed by atoms with Crippen molar-refractivity contribution >= 4 is 22.6 Å². The second kappa shape index (κ2) is 5.84. The summed E-state index contributed by atoms with van der Waals surface area (Å²) in [5.74, 6) is 0.955. The number of likely N-dealkylation sites (tertiary alicyclic amines) is 1. The molecule has 0 amide bonds. The van der Waals surface area contributed by atoms with Crippen LogP contribution < -0.4 is 0 Å². The van der Waals surface area contributed by atoms with Crippen molar-refractivity contribution in [3.8, 4) is 0 Å². The maximum atomic E-state index is 10.9. The normalized spacial score (nSPS) is 22.3. The molecule has 0 saturated carbocycles. The molecule has 1 fully saturated rings. The molecule has 0 aliphatic carbocycles. The highest BCUT2D eigenvalue weighted by Crippen LogP contribution is 2.30. The largest absolute Gasteiger partial charge is 0.382 e. The van der Waals surface area contributed by atoms with Crippen molar-refractivity contribution in [2.24, 2.45) is 7.05 Å². The smallest absolute Gasteiger partial charge is 0.123 e. The molecule has 1 aliphatic heterocycles. The number of β-amino-alcohol motifs (C(OH)–C–C–N with tert-alkyl or cyclic N) is 1. The Balaban J connectivity index is 1.58. The first kappa shape index (κ1) is 15.6. The minimum atomic E-state index is -0.959. The number of benzene rings is 1. The first-order valence-corrected chi connectivity index (χ1v) is 8.35. The van der Waals surface area contributed by atoms with Crippen molar-refractivity contribution in [1.82, 2.24) is 29.9 Å². The van der Waals surface area contributed by atoms with Crippen LogP contribution in [0.2, 0.25) is 5.02 Å². The lowest BCUT2D eigenvalue weighted by Crippen LogP contribution is -2.46. The van der Waals surface area contributed by atoms with Crippen LogP contribution in [0.15, 0.2) is 24.4 Å². The fourth-order valence-corrected chi connectivity index (χ4v) is 3.62. The molecule has 7 nitrogen and oxygen atoms in total. The van der Waals surface area contributed by atoms with Gasteiger partial charge in [0.1, 0.15) is 17.1 Å². The molecule has 0 radical (unpaired) electrons. The summed E-state index contributed by atoms with van der Waals surface area (Å²) in [6.45, 7) is 2.11. The molecular weight excluding hydrogens is 328 g/mol. The van der Waals surface area contributed by atoms with Gasteiger partial charge in [0.2, 0.25) is 0 Å². The van der Waals surface area contributed by atoms with Crippen LogP contribution in [0.4, 0.5) is 0 Å². The summed E-state index contributed by atoms with van der Waals surface area (Å²) < 4.78 is 2.08. The third-order valence-electron chi connectivity index (χ3n) is 4.74. The van der Waals surface area contributed by atoms with Gasteiger partial charge in [0, 0.05) is 18.6 Å². The average Bonchev–Trinajstić information content (AvgIpc) is 3.17. The van der Waals surface area contributed by atoms with Gasteiger partial charge in [-0.25, -0.2) is 4.98 Å². The van der Waals surface area contributed by atoms with Crippen molar-refractivity contribution in [2.45, 2.75) is 25.0 Å². The average molecular weight is 347 g/mol. The van der Waals surface area contributed by atoms with Crippen molar-refractivity contribution in [3.63, 3.8) is 0 Å². The number of aromatic amines is 1. The number of aryl methyl sites for hydroxylation is 1. The van der Waals surface area contributed by atoms with Gasteiger partial charge in [-0.2, -0.15) is 15.4 Å². The number of imidazole rings is 1. The highest BCUT2D eigenvalue weighted by Gasteiger charge is 2.37. The summed E-state index contributed by atoms with van der Waals surface area (Å²) in [6, 6.07) is 5.73. The highest BCUT2D eigenvalue weighted by molar-refractivity contribution is 6.31. The number of halogens is 1. The quantitative estimate of drug-likeness (QED) is 0.756. The van der Waals surface area contributed by atoms with Gasteiger partial charge in [-0.05, 0) is 37.6 Å². The number of rotatable bonds is 3. The Morgan fingerprint density at radius 2 is 2.29 bits per heavy atom. The van der Waals surface area contributed by atoms with E-state index in [4.69, 9.17) is 16.6 Å². The number of hydrogen-bond donors (Lipinski definition) is 2. The van der Waals surface area contributed by atoms with Crippen LogP contribution in [0.1, 0.15) is 24.4 Å². The molecule has 8 heteroatoms.